The van der Waals surface area contributed by atoms with E-state index in [2.05, 4.69) is 30.9 Å². The van der Waals surface area contributed by atoms with Gasteiger partial charge < -0.3 is 4.74 Å². The molecule has 3 atom stereocenters. The molecule has 0 spiro atoms. The van der Waals surface area contributed by atoms with Crippen LogP contribution in [0.5, 0.6) is 0 Å². The van der Waals surface area contributed by atoms with E-state index < -0.39 is 0 Å². The molecule has 23 heavy (non-hydrogen) atoms. The lowest BCUT2D eigenvalue weighted by atomic mass is 10.1. The number of hydrogen-bond acceptors (Lipinski definition) is 3. The van der Waals surface area contributed by atoms with Crippen molar-refractivity contribution in [3.8, 4) is 0 Å². The van der Waals surface area contributed by atoms with E-state index in [4.69, 9.17) is 4.74 Å². The van der Waals surface area contributed by atoms with E-state index in [-0.39, 0.29) is 18.1 Å². The molecule has 120 valence electrons. The molecule has 0 aliphatic carbocycles. The smallest absolute Gasteiger partial charge is 0.325 e. The predicted molar refractivity (Wildman–Crippen MR) is 90.6 cm³/mol. The molecule has 0 N–H and O–H groups in total. The van der Waals surface area contributed by atoms with E-state index in [9.17, 15) is 4.79 Å². The highest BCUT2D eigenvalue weighted by molar-refractivity contribution is 5.80. The van der Waals surface area contributed by atoms with Crippen LogP contribution in [0.2, 0.25) is 0 Å². The predicted octanol–water partition coefficient (Wildman–Crippen LogP) is 3.64. The summed E-state index contributed by atoms with van der Waals surface area (Å²) in [6.45, 7) is 5.47. The molecule has 1 fully saturated rings. The average Bonchev–Trinajstić information content (AvgIpc) is 3.29. The first-order chi connectivity index (χ1) is 11.2. The summed E-state index contributed by atoms with van der Waals surface area (Å²) in [5.41, 5.74) is 2.26. The second-order valence-electron chi connectivity index (χ2n) is 6.43. The number of rotatable bonds is 6. The number of hydrogen-bond donors (Lipinski definition) is 0. The van der Waals surface area contributed by atoms with Gasteiger partial charge in [-0.15, -0.1) is 0 Å². The minimum Gasteiger partial charge on any atom is -0.460 e. The Morgan fingerprint density at radius 2 is 1.57 bits per heavy atom. The summed E-state index contributed by atoms with van der Waals surface area (Å²) in [4.78, 5) is 14.7. The molecule has 0 radical (unpaired) electrons. The minimum atomic E-state index is -0.112. The maximum atomic E-state index is 12.4. The Bertz CT molecular complexity index is 639. The first-order valence-corrected chi connectivity index (χ1v) is 8.17. The second kappa shape index (κ2) is 6.97. The Morgan fingerprint density at radius 3 is 2.13 bits per heavy atom. The van der Waals surface area contributed by atoms with Gasteiger partial charge in [0.05, 0.1) is 0 Å². The van der Waals surface area contributed by atoms with Gasteiger partial charge in [-0.25, -0.2) is 0 Å². The monoisotopic (exact) mass is 309 g/mol. The quantitative estimate of drug-likeness (QED) is 0.602. The van der Waals surface area contributed by atoms with Crippen molar-refractivity contribution in [2.24, 2.45) is 5.92 Å². The van der Waals surface area contributed by atoms with Gasteiger partial charge in [0.25, 0.3) is 0 Å². The Kier molecular flexibility index (Phi) is 4.77. The van der Waals surface area contributed by atoms with Crippen molar-refractivity contribution in [1.29, 1.82) is 0 Å². The number of ether oxygens (including phenoxy) is 1. The second-order valence-corrected chi connectivity index (χ2v) is 6.43. The van der Waals surface area contributed by atoms with Crippen LogP contribution in [0.15, 0.2) is 60.7 Å². The fraction of sp³-hybridized carbons (Fsp3) is 0.350. The van der Waals surface area contributed by atoms with Crippen LogP contribution in [0.4, 0.5) is 0 Å². The number of benzene rings is 2. The van der Waals surface area contributed by atoms with E-state index in [1.54, 1.807) is 0 Å². The van der Waals surface area contributed by atoms with Crippen LogP contribution in [0.3, 0.4) is 0 Å². The van der Waals surface area contributed by atoms with Crippen LogP contribution in [0.25, 0.3) is 0 Å². The molecule has 0 bridgehead atoms. The van der Waals surface area contributed by atoms with E-state index >= 15 is 0 Å². The Morgan fingerprint density at radius 1 is 1.00 bits per heavy atom. The molecular weight excluding hydrogens is 286 g/mol. The van der Waals surface area contributed by atoms with Crippen LogP contribution >= 0.6 is 0 Å². The lowest BCUT2D eigenvalue weighted by Gasteiger charge is -2.06. The number of carbonyl (C=O) groups is 1. The molecule has 1 aliphatic rings. The molecule has 3 heteroatoms. The van der Waals surface area contributed by atoms with Crippen molar-refractivity contribution in [1.82, 2.24) is 4.90 Å². The molecule has 3 rings (SSSR count). The number of carbonyl (C=O) groups excluding carboxylic acids is 1. The molecule has 1 unspecified atom stereocenters. The van der Waals surface area contributed by atoms with Crippen molar-refractivity contribution in [3.05, 3.63) is 71.8 Å². The van der Waals surface area contributed by atoms with E-state index in [1.807, 2.05) is 48.5 Å². The Balaban J connectivity index is 1.60. The maximum Gasteiger partial charge on any atom is 0.325 e. The fourth-order valence-corrected chi connectivity index (χ4v) is 3.13. The lowest BCUT2D eigenvalue weighted by molar-refractivity contribution is -0.145. The summed E-state index contributed by atoms with van der Waals surface area (Å²) in [5, 5.41) is 0. The molecule has 2 aromatic rings. The van der Waals surface area contributed by atoms with Gasteiger partial charge in [-0.05, 0) is 17.0 Å². The molecule has 0 saturated carbocycles. The zero-order valence-corrected chi connectivity index (χ0v) is 13.7. The average molecular weight is 309 g/mol. The number of nitrogens with zero attached hydrogens (tertiary/aromatic N) is 1. The number of esters is 1. The van der Waals surface area contributed by atoms with Crippen LogP contribution in [-0.4, -0.2) is 23.0 Å². The Hall–Kier alpha value is -2.13. The van der Waals surface area contributed by atoms with Crippen molar-refractivity contribution >= 4 is 5.97 Å². The third kappa shape index (κ3) is 3.80. The van der Waals surface area contributed by atoms with Crippen molar-refractivity contribution < 1.29 is 9.53 Å². The molecule has 2 aromatic carbocycles. The zero-order chi connectivity index (χ0) is 16.2. The lowest BCUT2D eigenvalue weighted by Crippen LogP contribution is -2.17. The summed E-state index contributed by atoms with van der Waals surface area (Å²) >= 11 is 0. The van der Waals surface area contributed by atoms with Gasteiger partial charge in [0, 0.05) is 12.6 Å². The summed E-state index contributed by atoms with van der Waals surface area (Å²) in [5.74, 6) is 0.330. The SMILES string of the molecule is CC(C)[C@H]1[C@@H](C(=O)OCc2ccccc2)N1Cc1ccccc1. The standard InChI is InChI=1S/C20H23NO2/c1-15(2)18-19(21(18)13-16-9-5-3-6-10-16)20(22)23-14-17-11-7-4-8-12-17/h3-12,15,18-19H,13-14H2,1-2H3/t18-,19-,21?/m0/s1. The Labute approximate surface area is 137 Å². The van der Waals surface area contributed by atoms with Crippen molar-refractivity contribution in [2.45, 2.75) is 39.1 Å². The first kappa shape index (κ1) is 15.8. The van der Waals surface area contributed by atoms with E-state index in [0.29, 0.717) is 12.5 Å². The topological polar surface area (TPSA) is 29.3 Å². The van der Waals surface area contributed by atoms with Gasteiger partial charge >= 0.3 is 5.97 Å². The van der Waals surface area contributed by atoms with Gasteiger partial charge in [0.2, 0.25) is 0 Å². The van der Waals surface area contributed by atoms with Crippen LogP contribution in [-0.2, 0) is 22.7 Å². The molecule has 1 saturated heterocycles. The normalized spacial score (nSPS) is 22.8. The van der Waals surface area contributed by atoms with E-state index in [0.717, 1.165) is 12.1 Å². The van der Waals surface area contributed by atoms with Crippen LogP contribution in [0, 0.1) is 5.92 Å². The van der Waals surface area contributed by atoms with Gasteiger partial charge in [-0.3, -0.25) is 9.69 Å². The highest BCUT2D eigenvalue weighted by atomic mass is 16.5. The third-order valence-electron chi connectivity index (χ3n) is 4.33. The van der Waals surface area contributed by atoms with Crippen molar-refractivity contribution in [3.63, 3.8) is 0 Å². The van der Waals surface area contributed by atoms with Gasteiger partial charge in [0.1, 0.15) is 12.6 Å². The zero-order valence-electron chi connectivity index (χ0n) is 13.7. The molecule has 1 aliphatic heterocycles. The van der Waals surface area contributed by atoms with Crippen LogP contribution in [0.1, 0.15) is 25.0 Å². The minimum absolute atomic E-state index is 0.108. The molecule has 1 heterocycles. The molecule has 3 nitrogen and oxygen atoms in total. The van der Waals surface area contributed by atoms with Gasteiger partial charge in [0.15, 0.2) is 0 Å². The van der Waals surface area contributed by atoms with E-state index in [1.165, 1.54) is 5.56 Å². The summed E-state index contributed by atoms with van der Waals surface area (Å²) in [6.07, 6.45) is 0. The maximum absolute atomic E-state index is 12.4. The molecule has 0 amide bonds. The van der Waals surface area contributed by atoms with Crippen molar-refractivity contribution in [2.75, 3.05) is 0 Å². The van der Waals surface area contributed by atoms with Gasteiger partial charge in [-0.2, -0.15) is 0 Å². The van der Waals surface area contributed by atoms with Crippen LogP contribution < -0.4 is 0 Å². The molecule has 0 aromatic heterocycles. The first-order valence-electron chi connectivity index (χ1n) is 8.17. The molecular formula is C20H23NO2. The largest absolute Gasteiger partial charge is 0.460 e. The fourth-order valence-electron chi connectivity index (χ4n) is 3.13. The highest BCUT2D eigenvalue weighted by Crippen LogP contribution is 2.37. The van der Waals surface area contributed by atoms with Gasteiger partial charge in [-0.1, -0.05) is 74.5 Å². The summed E-state index contributed by atoms with van der Waals surface area (Å²) in [6, 6.07) is 20.3. The third-order valence-corrected chi connectivity index (χ3v) is 4.33. The summed E-state index contributed by atoms with van der Waals surface area (Å²) in [7, 11) is 0. The summed E-state index contributed by atoms with van der Waals surface area (Å²) < 4.78 is 5.52. The highest BCUT2D eigenvalue weighted by Gasteiger charge is 2.54.